The summed E-state index contributed by atoms with van der Waals surface area (Å²) in [5, 5.41) is 16.2. The molecule has 1 aliphatic rings. The molecule has 8 heteroatoms. The summed E-state index contributed by atoms with van der Waals surface area (Å²) < 4.78 is 5.91. The summed E-state index contributed by atoms with van der Waals surface area (Å²) in [5.74, 6) is 0.153. The molecule has 0 aliphatic carbocycles. The van der Waals surface area contributed by atoms with E-state index in [1.807, 2.05) is 18.2 Å². The summed E-state index contributed by atoms with van der Waals surface area (Å²) in [6.07, 6.45) is 3.48. The van der Waals surface area contributed by atoms with E-state index in [1.165, 1.54) is 0 Å². The first-order valence-corrected chi connectivity index (χ1v) is 9.82. The SMILES string of the molecule is N#Cc1ccc(-c2c(OCc3ccccn3)n[nH]c2C(=O)N2CCC[C@@H](N)C2)cc1. The molecule has 3 aromatic rings. The summed E-state index contributed by atoms with van der Waals surface area (Å²) in [6, 6.07) is 14.6. The number of rotatable bonds is 5. The molecule has 1 atom stereocenters. The molecule has 1 aromatic carbocycles. The number of nitrogens with two attached hydrogens (primary N) is 1. The number of aromatic amines is 1. The first-order valence-electron chi connectivity index (χ1n) is 9.82. The lowest BCUT2D eigenvalue weighted by Gasteiger charge is -2.30. The average Bonchev–Trinajstić information content (AvgIpc) is 3.22. The number of carbonyl (C=O) groups is 1. The van der Waals surface area contributed by atoms with Crippen molar-refractivity contribution in [3.05, 3.63) is 65.6 Å². The molecule has 0 unspecified atom stereocenters. The summed E-state index contributed by atoms with van der Waals surface area (Å²) in [6.45, 7) is 1.38. The number of hydrogen-bond acceptors (Lipinski definition) is 6. The number of nitriles is 1. The largest absolute Gasteiger partial charge is 0.470 e. The van der Waals surface area contributed by atoms with Crippen molar-refractivity contribution in [2.75, 3.05) is 13.1 Å². The Hall–Kier alpha value is -3.70. The zero-order chi connectivity index (χ0) is 20.9. The van der Waals surface area contributed by atoms with Crippen molar-refractivity contribution >= 4 is 5.91 Å². The molecule has 3 heterocycles. The highest BCUT2D eigenvalue weighted by Gasteiger charge is 2.28. The van der Waals surface area contributed by atoms with Gasteiger partial charge in [-0.25, -0.2) is 0 Å². The van der Waals surface area contributed by atoms with Gasteiger partial charge in [0.05, 0.1) is 22.9 Å². The minimum Gasteiger partial charge on any atom is -0.470 e. The van der Waals surface area contributed by atoms with Crippen LogP contribution < -0.4 is 10.5 Å². The van der Waals surface area contributed by atoms with Crippen molar-refractivity contribution in [3.63, 3.8) is 0 Å². The van der Waals surface area contributed by atoms with Gasteiger partial charge in [0.2, 0.25) is 5.88 Å². The molecule has 2 aromatic heterocycles. The Morgan fingerprint density at radius 1 is 1.30 bits per heavy atom. The number of H-pyrrole nitrogens is 1. The number of piperidine rings is 1. The van der Waals surface area contributed by atoms with Gasteiger partial charge in [-0.3, -0.25) is 14.9 Å². The van der Waals surface area contributed by atoms with Crippen molar-refractivity contribution in [2.45, 2.75) is 25.5 Å². The molecule has 30 heavy (non-hydrogen) atoms. The van der Waals surface area contributed by atoms with Gasteiger partial charge in [0.1, 0.15) is 12.3 Å². The second kappa shape index (κ2) is 8.76. The van der Waals surface area contributed by atoms with Crippen LogP contribution in [0.3, 0.4) is 0 Å². The number of hydrogen-bond donors (Lipinski definition) is 2. The van der Waals surface area contributed by atoms with Gasteiger partial charge in [0.25, 0.3) is 5.91 Å². The molecular formula is C22H22N6O2. The topological polar surface area (TPSA) is 121 Å². The van der Waals surface area contributed by atoms with Gasteiger partial charge in [-0.15, -0.1) is 5.10 Å². The maximum Gasteiger partial charge on any atom is 0.272 e. The Morgan fingerprint density at radius 3 is 2.83 bits per heavy atom. The molecular weight excluding hydrogens is 380 g/mol. The number of ether oxygens (including phenoxy) is 1. The summed E-state index contributed by atoms with van der Waals surface area (Å²) in [7, 11) is 0. The predicted molar refractivity (Wildman–Crippen MR) is 110 cm³/mol. The van der Waals surface area contributed by atoms with Crippen LogP contribution in [-0.2, 0) is 6.61 Å². The smallest absolute Gasteiger partial charge is 0.272 e. The molecule has 0 bridgehead atoms. The van der Waals surface area contributed by atoms with Crippen LogP contribution in [0.25, 0.3) is 11.1 Å². The van der Waals surface area contributed by atoms with Crippen LogP contribution in [0.5, 0.6) is 5.88 Å². The quantitative estimate of drug-likeness (QED) is 0.676. The average molecular weight is 402 g/mol. The molecule has 0 spiro atoms. The fraction of sp³-hybridized carbons (Fsp3) is 0.273. The first-order chi connectivity index (χ1) is 14.7. The van der Waals surface area contributed by atoms with Gasteiger partial charge in [-0.2, -0.15) is 5.26 Å². The number of amides is 1. The minimum atomic E-state index is -0.162. The first kappa shape index (κ1) is 19.6. The lowest BCUT2D eigenvalue weighted by Crippen LogP contribution is -2.45. The third-order valence-electron chi connectivity index (χ3n) is 5.08. The van der Waals surface area contributed by atoms with Crippen LogP contribution >= 0.6 is 0 Å². The summed E-state index contributed by atoms with van der Waals surface area (Å²) >= 11 is 0. The van der Waals surface area contributed by atoms with Crippen LogP contribution in [0.2, 0.25) is 0 Å². The van der Waals surface area contributed by atoms with E-state index in [2.05, 4.69) is 21.3 Å². The van der Waals surface area contributed by atoms with Crippen LogP contribution in [0.1, 0.15) is 34.6 Å². The zero-order valence-electron chi connectivity index (χ0n) is 16.4. The maximum absolute atomic E-state index is 13.2. The third kappa shape index (κ3) is 4.16. The molecule has 1 fully saturated rings. The number of nitrogens with one attached hydrogen (secondary N) is 1. The molecule has 0 radical (unpaired) electrons. The number of benzene rings is 1. The lowest BCUT2D eigenvalue weighted by atomic mass is 10.0. The standard InChI is InChI=1S/C22H22N6O2/c23-12-15-6-8-16(9-7-15)19-20(22(29)28-11-3-4-17(24)13-28)26-27-21(19)30-14-18-5-1-2-10-25-18/h1-2,5-10,17H,3-4,11,13-14,24H2,(H,26,27)/t17-/m1/s1. The number of likely N-dealkylation sites (tertiary alicyclic amines) is 1. The van der Waals surface area contributed by atoms with Crippen molar-refractivity contribution < 1.29 is 9.53 Å². The highest BCUT2D eigenvalue weighted by molar-refractivity contribution is 6.00. The van der Waals surface area contributed by atoms with Gasteiger partial charge in [-0.1, -0.05) is 18.2 Å². The van der Waals surface area contributed by atoms with E-state index in [0.29, 0.717) is 35.8 Å². The Labute approximate surface area is 174 Å². The monoisotopic (exact) mass is 402 g/mol. The molecule has 152 valence electrons. The van der Waals surface area contributed by atoms with Gasteiger partial charge in [0, 0.05) is 25.3 Å². The normalized spacial score (nSPS) is 16.1. The Balaban J connectivity index is 1.67. The molecule has 1 aliphatic heterocycles. The Morgan fingerprint density at radius 2 is 2.13 bits per heavy atom. The minimum absolute atomic E-state index is 0.0242. The number of aromatic nitrogens is 3. The molecule has 1 amide bonds. The van der Waals surface area contributed by atoms with E-state index in [1.54, 1.807) is 35.4 Å². The van der Waals surface area contributed by atoms with Crippen molar-refractivity contribution in [1.29, 1.82) is 5.26 Å². The number of carbonyl (C=O) groups excluding carboxylic acids is 1. The van der Waals surface area contributed by atoms with Gasteiger partial charge >= 0.3 is 0 Å². The van der Waals surface area contributed by atoms with Crippen LogP contribution in [0.4, 0.5) is 0 Å². The van der Waals surface area contributed by atoms with Crippen molar-refractivity contribution in [1.82, 2.24) is 20.1 Å². The summed E-state index contributed by atoms with van der Waals surface area (Å²) in [5.41, 5.74) is 9.00. The third-order valence-corrected chi connectivity index (χ3v) is 5.08. The fourth-order valence-electron chi connectivity index (χ4n) is 3.54. The van der Waals surface area contributed by atoms with E-state index in [4.69, 9.17) is 15.7 Å². The maximum atomic E-state index is 13.2. The van der Waals surface area contributed by atoms with Crippen molar-refractivity contribution in [2.24, 2.45) is 5.73 Å². The highest BCUT2D eigenvalue weighted by atomic mass is 16.5. The summed E-state index contributed by atoms with van der Waals surface area (Å²) in [4.78, 5) is 19.2. The molecule has 8 nitrogen and oxygen atoms in total. The van der Waals surface area contributed by atoms with E-state index >= 15 is 0 Å². The van der Waals surface area contributed by atoms with Crippen LogP contribution in [0.15, 0.2) is 48.7 Å². The predicted octanol–water partition coefficient (Wildman–Crippen LogP) is 2.49. The highest BCUT2D eigenvalue weighted by Crippen LogP contribution is 2.33. The number of nitrogens with zero attached hydrogens (tertiary/aromatic N) is 4. The van der Waals surface area contributed by atoms with E-state index in [-0.39, 0.29) is 18.6 Å². The van der Waals surface area contributed by atoms with Gasteiger partial charge in [-0.05, 0) is 42.7 Å². The van der Waals surface area contributed by atoms with Gasteiger partial charge < -0.3 is 15.4 Å². The number of pyridine rings is 1. The zero-order valence-corrected chi connectivity index (χ0v) is 16.4. The molecule has 4 rings (SSSR count). The van der Waals surface area contributed by atoms with Crippen LogP contribution in [-0.4, -0.2) is 45.1 Å². The molecule has 3 N–H and O–H groups in total. The van der Waals surface area contributed by atoms with E-state index in [9.17, 15) is 4.79 Å². The Kier molecular flexibility index (Phi) is 5.72. The van der Waals surface area contributed by atoms with E-state index in [0.717, 1.165) is 24.1 Å². The molecule has 0 saturated carbocycles. The van der Waals surface area contributed by atoms with Crippen molar-refractivity contribution in [3.8, 4) is 23.1 Å². The second-order valence-corrected chi connectivity index (χ2v) is 7.23. The van der Waals surface area contributed by atoms with E-state index < -0.39 is 0 Å². The fourth-order valence-corrected chi connectivity index (χ4v) is 3.54. The second-order valence-electron chi connectivity index (χ2n) is 7.23. The Bertz CT molecular complexity index is 1060. The lowest BCUT2D eigenvalue weighted by molar-refractivity contribution is 0.0703. The molecule has 1 saturated heterocycles. The van der Waals surface area contributed by atoms with Gasteiger partial charge in [0.15, 0.2) is 0 Å². The van der Waals surface area contributed by atoms with Crippen LogP contribution in [0, 0.1) is 11.3 Å².